The first-order chi connectivity index (χ1) is 15.7. The number of pyridine rings is 3. The number of hydrogen-bond donors (Lipinski definition) is 3. The van der Waals surface area contributed by atoms with Crippen molar-refractivity contribution in [3.05, 3.63) is 43.1 Å². The largest absolute Gasteiger partial charge is 0.506 e. The number of H-pyrrole nitrogens is 2. The van der Waals surface area contributed by atoms with Gasteiger partial charge in [0.15, 0.2) is 5.82 Å². The van der Waals surface area contributed by atoms with Crippen LogP contribution in [0, 0.1) is 0 Å². The molecule has 1 fully saturated rings. The Bertz CT molecular complexity index is 1430. The molecule has 0 unspecified atom stereocenters. The van der Waals surface area contributed by atoms with Gasteiger partial charge in [-0.25, -0.2) is 4.98 Å². The average molecular weight is 427 g/mol. The van der Waals surface area contributed by atoms with Crippen molar-refractivity contribution in [3.63, 3.8) is 0 Å². The highest BCUT2D eigenvalue weighted by atomic mass is 16.3. The first-order valence-corrected chi connectivity index (χ1v) is 10.4. The molecule has 5 aromatic rings. The van der Waals surface area contributed by atoms with Crippen molar-refractivity contribution in [1.82, 2.24) is 40.0 Å². The maximum Gasteiger partial charge on any atom is 0.159 e. The summed E-state index contributed by atoms with van der Waals surface area (Å²) in [6.07, 6.45) is 8.48. The molecule has 0 bridgehead atoms. The fraction of sp³-hybridized carbons (Fsp3) is 0.227. The zero-order chi connectivity index (χ0) is 21.7. The summed E-state index contributed by atoms with van der Waals surface area (Å²) in [6, 6.07) is 3.56. The van der Waals surface area contributed by atoms with Crippen molar-refractivity contribution in [2.75, 3.05) is 38.1 Å². The van der Waals surface area contributed by atoms with E-state index in [4.69, 9.17) is 4.98 Å². The van der Waals surface area contributed by atoms with Crippen LogP contribution in [0.25, 0.3) is 44.7 Å². The number of nitrogens with zero attached hydrogens (tertiary/aromatic N) is 7. The standard InChI is InChI=1S/C22H21N9O/c1-30-2-4-31(5-3-30)19-12-24-10-18-21(19)27-22(26-18)20-15-7-16(25-11-17(15)28-29-20)13-6-14(32)9-23-8-13/h6-12,32H,2-5H2,1H3,(H,26,27)(H,28,29). The minimum atomic E-state index is 0.0954. The third-order valence-corrected chi connectivity index (χ3v) is 5.91. The van der Waals surface area contributed by atoms with Crippen LogP contribution < -0.4 is 4.90 Å². The molecule has 32 heavy (non-hydrogen) atoms. The summed E-state index contributed by atoms with van der Waals surface area (Å²) >= 11 is 0. The van der Waals surface area contributed by atoms with Gasteiger partial charge in [-0.1, -0.05) is 0 Å². The molecule has 1 aliphatic rings. The second-order valence-electron chi connectivity index (χ2n) is 8.05. The second kappa shape index (κ2) is 7.27. The lowest BCUT2D eigenvalue weighted by molar-refractivity contribution is 0.313. The maximum absolute atomic E-state index is 9.77. The van der Waals surface area contributed by atoms with E-state index in [1.54, 1.807) is 24.7 Å². The molecule has 0 amide bonds. The third kappa shape index (κ3) is 3.12. The minimum absolute atomic E-state index is 0.0954. The van der Waals surface area contributed by atoms with Gasteiger partial charge in [0, 0.05) is 43.3 Å². The van der Waals surface area contributed by atoms with Gasteiger partial charge >= 0.3 is 0 Å². The third-order valence-electron chi connectivity index (χ3n) is 5.91. The van der Waals surface area contributed by atoms with Crippen molar-refractivity contribution in [3.8, 4) is 28.5 Å². The molecule has 0 aromatic carbocycles. The number of nitrogens with one attached hydrogen (secondary N) is 2. The van der Waals surface area contributed by atoms with E-state index in [1.165, 1.54) is 6.20 Å². The van der Waals surface area contributed by atoms with Crippen LogP contribution >= 0.6 is 0 Å². The molecule has 0 atom stereocenters. The number of piperazine rings is 1. The Kier molecular flexibility index (Phi) is 4.25. The Morgan fingerprint density at radius 2 is 1.78 bits per heavy atom. The fourth-order valence-corrected chi connectivity index (χ4v) is 4.13. The van der Waals surface area contributed by atoms with Crippen molar-refractivity contribution in [2.45, 2.75) is 0 Å². The van der Waals surface area contributed by atoms with Gasteiger partial charge in [0.25, 0.3) is 0 Å². The number of hydrogen-bond acceptors (Lipinski definition) is 8. The van der Waals surface area contributed by atoms with E-state index < -0.39 is 0 Å². The highest BCUT2D eigenvalue weighted by Crippen LogP contribution is 2.32. The van der Waals surface area contributed by atoms with Crippen molar-refractivity contribution < 1.29 is 5.11 Å². The molecule has 1 aliphatic heterocycles. The number of aromatic hydroxyl groups is 1. The zero-order valence-corrected chi connectivity index (χ0v) is 17.4. The van der Waals surface area contributed by atoms with Gasteiger partial charge in [-0.05, 0) is 19.2 Å². The summed E-state index contributed by atoms with van der Waals surface area (Å²) in [4.78, 5) is 25.9. The summed E-state index contributed by atoms with van der Waals surface area (Å²) < 4.78 is 0. The summed E-state index contributed by atoms with van der Waals surface area (Å²) in [5.41, 5.74) is 5.73. The maximum atomic E-state index is 9.77. The van der Waals surface area contributed by atoms with Gasteiger partial charge in [-0.2, -0.15) is 5.10 Å². The van der Waals surface area contributed by atoms with Crippen LogP contribution in [0.5, 0.6) is 5.75 Å². The van der Waals surface area contributed by atoms with Gasteiger partial charge < -0.3 is 19.9 Å². The first kappa shape index (κ1) is 18.7. The first-order valence-electron chi connectivity index (χ1n) is 10.4. The van der Waals surface area contributed by atoms with E-state index in [9.17, 15) is 5.11 Å². The van der Waals surface area contributed by atoms with E-state index in [1.807, 2.05) is 12.3 Å². The van der Waals surface area contributed by atoms with Crippen LogP contribution in [0.4, 0.5) is 5.69 Å². The number of aromatic amines is 2. The predicted octanol–water partition coefficient (Wildman–Crippen LogP) is 2.42. The van der Waals surface area contributed by atoms with E-state index in [0.29, 0.717) is 17.2 Å². The lowest BCUT2D eigenvalue weighted by atomic mass is 10.1. The smallest absolute Gasteiger partial charge is 0.159 e. The molecule has 1 saturated heterocycles. The van der Waals surface area contributed by atoms with Crippen LogP contribution in [0.3, 0.4) is 0 Å². The highest BCUT2D eigenvalue weighted by Gasteiger charge is 2.20. The fourth-order valence-electron chi connectivity index (χ4n) is 4.13. The monoisotopic (exact) mass is 427 g/mol. The molecule has 0 aliphatic carbocycles. The van der Waals surface area contributed by atoms with Gasteiger partial charge in [-0.3, -0.25) is 20.1 Å². The molecule has 3 N–H and O–H groups in total. The molecular weight excluding hydrogens is 406 g/mol. The van der Waals surface area contributed by atoms with E-state index in [0.717, 1.165) is 59.4 Å². The molecule has 160 valence electrons. The predicted molar refractivity (Wildman–Crippen MR) is 121 cm³/mol. The van der Waals surface area contributed by atoms with Gasteiger partial charge in [0.1, 0.15) is 17.0 Å². The van der Waals surface area contributed by atoms with Crippen LogP contribution in [-0.4, -0.2) is 78.4 Å². The SMILES string of the molecule is CN1CCN(c2cncc3[nH]c(-c4n[nH]c5cnc(-c6cncc(O)c6)cc45)nc23)CC1. The lowest BCUT2D eigenvalue weighted by Gasteiger charge is -2.33. The number of imidazole rings is 1. The second-order valence-corrected chi connectivity index (χ2v) is 8.05. The number of rotatable bonds is 3. The number of likely N-dealkylation sites (N-methyl/N-ethyl adjacent to an activating group) is 1. The zero-order valence-electron chi connectivity index (χ0n) is 17.4. The van der Waals surface area contributed by atoms with Crippen molar-refractivity contribution in [2.24, 2.45) is 0 Å². The van der Waals surface area contributed by atoms with E-state index in [2.05, 4.69) is 47.0 Å². The Labute approximate surface area is 183 Å². The van der Waals surface area contributed by atoms with Crippen LogP contribution in [-0.2, 0) is 0 Å². The van der Waals surface area contributed by atoms with Crippen LogP contribution in [0.1, 0.15) is 0 Å². The van der Waals surface area contributed by atoms with Gasteiger partial charge in [-0.15, -0.1) is 0 Å². The van der Waals surface area contributed by atoms with Crippen molar-refractivity contribution >= 4 is 27.6 Å². The Hall–Kier alpha value is -4.05. The molecule has 10 heteroatoms. The number of aromatic nitrogens is 7. The molecule has 10 nitrogen and oxygen atoms in total. The summed E-state index contributed by atoms with van der Waals surface area (Å²) in [5.74, 6) is 0.763. The summed E-state index contributed by atoms with van der Waals surface area (Å²) in [6.45, 7) is 3.91. The molecule has 6 rings (SSSR count). The minimum Gasteiger partial charge on any atom is -0.506 e. The quantitative estimate of drug-likeness (QED) is 0.401. The Morgan fingerprint density at radius 1 is 0.938 bits per heavy atom. The summed E-state index contributed by atoms with van der Waals surface area (Å²) in [7, 11) is 2.14. The van der Waals surface area contributed by atoms with Gasteiger partial charge in [0.05, 0.1) is 47.2 Å². The molecule has 6 heterocycles. The van der Waals surface area contributed by atoms with Crippen molar-refractivity contribution in [1.29, 1.82) is 0 Å². The number of anilines is 1. The molecule has 0 saturated carbocycles. The Balaban J connectivity index is 1.44. The summed E-state index contributed by atoms with van der Waals surface area (Å²) in [5, 5.41) is 18.2. The molecule has 0 radical (unpaired) electrons. The molecule has 5 aromatic heterocycles. The lowest BCUT2D eigenvalue weighted by Crippen LogP contribution is -2.44. The van der Waals surface area contributed by atoms with Crippen LogP contribution in [0.2, 0.25) is 0 Å². The number of fused-ring (bicyclic) bond motifs is 2. The topological polar surface area (TPSA) is 123 Å². The Morgan fingerprint density at radius 3 is 2.62 bits per heavy atom. The molecule has 0 spiro atoms. The van der Waals surface area contributed by atoms with Gasteiger partial charge in [0.2, 0.25) is 0 Å². The van der Waals surface area contributed by atoms with E-state index >= 15 is 0 Å². The normalized spacial score (nSPS) is 15.1. The average Bonchev–Trinajstić information content (AvgIpc) is 3.43. The van der Waals surface area contributed by atoms with Crippen LogP contribution in [0.15, 0.2) is 43.1 Å². The highest BCUT2D eigenvalue weighted by molar-refractivity contribution is 5.96. The molecular formula is C22H21N9O. The van der Waals surface area contributed by atoms with E-state index in [-0.39, 0.29) is 5.75 Å².